The van der Waals surface area contributed by atoms with E-state index < -0.39 is 24.5 Å². The maximum Gasteiger partial charge on any atom is 0.366 e. The van der Waals surface area contributed by atoms with Crippen molar-refractivity contribution in [3.8, 4) is 0 Å². The minimum Gasteiger partial charge on any atom is -0.461 e. The van der Waals surface area contributed by atoms with Crippen LogP contribution < -0.4 is 0 Å². The molecular weight excluding hydrogens is 167 g/mol. The first-order valence-electron chi connectivity index (χ1n) is 3.45. The number of aliphatic hydroxyl groups excluding tert-OH is 2. The molecule has 0 aliphatic carbocycles. The van der Waals surface area contributed by atoms with Crippen LogP contribution in [0, 0.1) is 0 Å². The molecular formula is C7H11FO4. The first-order valence-corrected chi connectivity index (χ1v) is 3.45. The van der Waals surface area contributed by atoms with Crippen molar-refractivity contribution in [2.24, 2.45) is 0 Å². The van der Waals surface area contributed by atoms with Crippen molar-refractivity contribution in [2.45, 2.75) is 13.0 Å². The van der Waals surface area contributed by atoms with Crippen LogP contribution in [0.2, 0.25) is 0 Å². The van der Waals surface area contributed by atoms with Crippen molar-refractivity contribution >= 4 is 5.97 Å². The van der Waals surface area contributed by atoms with Crippen molar-refractivity contribution in [3.05, 3.63) is 11.9 Å². The summed E-state index contributed by atoms with van der Waals surface area (Å²) in [6.45, 7) is 0.968. The van der Waals surface area contributed by atoms with Gasteiger partial charge in [-0.25, -0.2) is 4.79 Å². The standard InChI is InChI=1S/C7H11FO4/c1-2-12-7(11)6(8)3-5(10)4-9/h3,5,9-10H,2,4H2,1H3. The summed E-state index contributed by atoms with van der Waals surface area (Å²) in [4.78, 5) is 10.5. The molecule has 0 saturated heterocycles. The molecule has 4 nitrogen and oxygen atoms in total. The maximum absolute atomic E-state index is 12.5. The van der Waals surface area contributed by atoms with Crippen LogP contribution in [0.3, 0.4) is 0 Å². The summed E-state index contributed by atoms with van der Waals surface area (Å²) >= 11 is 0. The number of esters is 1. The average Bonchev–Trinajstić information content (AvgIpc) is 2.04. The Bertz CT molecular complexity index is 178. The zero-order chi connectivity index (χ0) is 9.56. The first-order chi connectivity index (χ1) is 5.61. The molecule has 0 heterocycles. The van der Waals surface area contributed by atoms with Crippen LogP contribution >= 0.6 is 0 Å². The number of ether oxygens (including phenoxy) is 1. The maximum atomic E-state index is 12.5. The second kappa shape index (κ2) is 5.68. The highest BCUT2D eigenvalue weighted by Gasteiger charge is 2.11. The van der Waals surface area contributed by atoms with E-state index in [1.54, 1.807) is 0 Å². The van der Waals surface area contributed by atoms with Crippen molar-refractivity contribution in [2.75, 3.05) is 13.2 Å². The molecule has 0 aliphatic rings. The topological polar surface area (TPSA) is 66.8 Å². The van der Waals surface area contributed by atoms with Gasteiger partial charge in [0.1, 0.15) is 0 Å². The molecule has 12 heavy (non-hydrogen) atoms. The van der Waals surface area contributed by atoms with Crippen molar-refractivity contribution < 1.29 is 24.1 Å². The fourth-order valence-corrected chi connectivity index (χ4v) is 0.490. The lowest BCUT2D eigenvalue weighted by Crippen LogP contribution is -2.12. The van der Waals surface area contributed by atoms with Crippen LogP contribution in [0.1, 0.15) is 6.92 Å². The smallest absolute Gasteiger partial charge is 0.366 e. The molecule has 0 saturated carbocycles. The van der Waals surface area contributed by atoms with E-state index in [1.807, 2.05) is 0 Å². The minimum atomic E-state index is -1.37. The Balaban J connectivity index is 4.07. The normalized spacial score (nSPS) is 14.2. The van der Waals surface area contributed by atoms with Gasteiger partial charge in [0.2, 0.25) is 5.83 Å². The van der Waals surface area contributed by atoms with Gasteiger partial charge < -0.3 is 14.9 Å². The molecule has 1 unspecified atom stereocenters. The predicted molar refractivity (Wildman–Crippen MR) is 38.9 cm³/mol. The molecule has 0 spiro atoms. The number of aliphatic hydroxyl groups is 2. The fourth-order valence-electron chi connectivity index (χ4n) is 0.490. The molecule has 70 valence electrons. The molecule has 0 bridgehead atoms. The summed E-state index contributed by atoms with van der Waals surface area (Å²) in [6.07, 6.45) is -0.771. The number of hydrogen-bond donors (Lipinski definition) is 2. The monoisotopic (exact) mass is 178 g/mol. The van der Waals surface area contributed by atoms with Crippen LogP contribution in [0.15, 0.2) is 11.9 Å². The fraction of sp³-hybridized carbons (Fsp3) is 0.571. The van der Waals surface area contributed by atoms with Crippen LogP contribution in [-0.2, 0) is 9.53 Å². The average molecular weight is 178 g/mol. The molecule has 0 aliphatic heterocycles. The lowest BCUT2D eigenvalue weighted by molar-refractivity contribution is -0.140. The van der Waals surface area contributed by atoms with Gasteiger partial charge in [0.05, 0.1) is 19.3 Å². The van der Waals surface area contributed by atoms with E-state index in [0.29, 0.717) is 6.08 Å². The lowest BCUT2D eigenvalue weighted by Gasteiger charge is -2.01. The SMILES string of the molecule is CCOC(=O)C(F)=CC(O)CO. The zero-order valence-electron chi connectivity index (χ0n) is 6.66. The zero-order valence-corrected chi connectivity index (χ0v) is 6.66. The predicted octanol–water partition coefficient (Wildman–Crippen LogP) is -0.244. The van der Waals surface area contributed by atoms with E-state index >= 15 is 0 Å². The summed E-state index contributed by atoms with van der Waals surface area (Å²) in [5, 5.41) is 17.0. The molecule has 0 aromatic rings. The molecule has 5 heteroatoms. The quantitative estimate of drug-likeness (QED) is 0.460. The second-order valence-corrected chi connectivity index (χ2v) is 1.98. The number of hydrogen-bond acceptors (Lipinski definition) is 4. The Morgan fingerprint density at radius 1 is 1.75 bits per heavy atom. The number of rotatable bonds is 4. The van der Waals surface area contributed by atoms with E-state index in [9.17, 15) is 9.18 Å². The molecule has 0 rings (SSSR count). The minimum absolute atomic E-state index is 0.0648. The van der Waals surface area contributed by atoms with Crippen molar-refractivity contribution in [1.82, 2.24) is 0 Å². The first kappa shape index (κ1) is 11.1. The third kappa shape index (κ3) is 4.05. The molecule has 2 N–H and O–H groups in total. The summed E-state index contributed by atoms with van der Waals surface area (Å²) < 4.78 is 16.8. The number of carbonyl (C=O) groups excluding carboxylic acids is 1. The molecule has 1 atom stereocenters. The van der Waals surface area contributed by atoms with Crippen LogP contribution in [0.5, 0.6) is 0 Å². The number of halogens is 1. The van der Waals surface area contributed by atoms with Gasteiger partial charge in [-0.05, 0) is 13.0 Å². The molecule has 0 aromatic heterocycles. The highest BCUT2D eigenvalue weighted by Crippen LogP contribution is 2.01. The van der Waals surface area contributed by atoms with Crippen LogP contribution in [0.25, 0.3) is 0 Å². The largest absolute Gasteiger partial charge is 0.461 e. The summed E-state index contributed by atoms with van der Waals surface area (Å²) in [5.74, 6) is -2.33. The van der Waals surface area contributed by atoms with Gasteiger partial charge in [-0.15, -0.1) is 0 Å². The van der Waals surface area contributed by atoms with Gasteiger partial charge in [-0.3, -0.25) is 0 Å². The van der Waals surface area contributed by atoms with Gasteiger partial charge in [0, 0.05) is 0 Å². The van der Waals surface area contributed by atoms with Crippen LogP contribution in [-0.4, -0.2) is 35.5 Å². The summed E-state index contributed by atoms with van der Waals surface area (Å²) in [7, 11) is 0. The summed E-state index contributed by atoms with van der Waals surface area (Å²) in [6, 6.07) is 0. The Labute approximate surface area is 69.3 Å². The van der Waals surface area contributed by atoms with E-state index in [0.717, 1.165) is 0 Å². The van der Waals surface area contributed by atoms with Crippen molar-refractivity contribution in [1.29, 1.82) is 0 Å². The van der Waals surface area contributed by atoms with E-state index in [-0.39, 0.29) is 6.61 Å². The van der Waals surface area contributed by atoms with Gasteiger partial charge in [0.25, 0.3) is 0 Å². The van der Waals surface area contributed by atoms with E-state index in [2.05, 4.69) is 4.74 Å². The Kier molecular flexibility index (Phi) is 5.23. The second-order valence-electron chi connectivity index (χ2n) is 1.98. The van der Waals surface area contributed by atoms with Crippen LogP contribution in [0.4, 0.5) is 4.39 Å². The molecule has 0 radical (unpaired) electrons. The van der Waals surface area contributed by atoms with Crippen molar-refractivity contribution in [3.63, 3.8) is 0 Å². The lowest BCUT2D eigenvalue weighted by atomic mass is 10.3. The van der Waals surface area contributed by atoms with Gasteiger partial charge in [-0.2, -0.15) is 4.39 Å². The van der Waals surface area contributed by atoms with Gasteiger partial charge >= 0.3 is 5.97 Å². The molecule has 0 fully saturated rings. The Morgan fingerprint density at radius 2 is 2.33 bits per heavy atom. The Hall–Kier alpha value is -0.940. The molecule has 0 aromatic carbocycles. The molecule has 0 amide bonds. The number of carbonyl (C=O) groups is 1. The summed E-state index contributed by atoms with van der Waals surface area (Å²) in [5.41, 5.74) is 0. The third-order valence-electron chi connectivity index (χ3n) is 0.996. The highest BCUT2D eigenvalue weighted by molar-refractivity contribution is 5.85. The highest BCUT2D eigenvalue weighted by atomic mass is 19.1. The van der Waals surface area contributed by atoms with Gasteiger partial charge in [0.15, 0.2) is 0 Å². The van der Waals surface area contributed by atoms with E-state index in [4.69, 9.17) is 10.2 Å². The Morgan fingerprint density at radius 3 is 2.75 bits per heavy atom. The van der Waals surface area contributed by atoms with Gasteiger partial charge in [-0.1, -0.05) is 0 Å². The van der Waals surface area contributed by atoms with E-state index in [1.165, 1.54) is 6.92 Å². The third-order valence-corrected chi connectivity index (χ3v) is 0.996.